The number of rotatable bonds is 1. The van der Waals surface area contributed by atoms with Crippen molar-refractivity contribution in [3.05, 3.63) is 106 Å². The molecule has 3 aliphatic rings. The zero-order chi connectivity index (χ0) is 14.7. The summed E-state index contributed by atoms with van der Waals surface area (Å²) in [4.78, 5) is 0. The van der Waals surface area contributed by atoms with Gasteiger partial charge in [-0.2, -0.15) is 0 Å². The van der Waals surface area contributed by atoms with Crippen LogP contribution in [0.5, 0.6) is 0 Å². The highest BCUT2D eigenvalue weighted by Gasteiger charge is 2.41. The van der Waals surface area contributed by atoms with Crippen molar-refractivity contribution in [3.8, 4) is 0 Å². The van der Waals surface area contributed by atoms with E-state index < -0.39 is 0 Å². The number of nitrogens with two attached hydrogens (primary N) is 1. The number of hydrogen-bond acceptors (Lipinski definition) is 1. The highest BCUT2D eigenvalue weighted by molar-refractivity contribution is 5.69. The second-order valence-electron chi connectivity index (χ2n) is 6.25. The lowest BCUT2D eigenvalue weighted by Gasteiger charge is -2.43. The van der Waals surface area contributed by atoms with Crippen LogP contribution in [0, 0.1) is 0 Å². The Hall–Kier alpha value is -2.38. The number of hydrogen-bond donors (Lipinski definition) is 1. The summed E-state index contributed by atoms with van der Waals surface area (Å²) in [7, 11) is 0. The first-order valence-electron chi connectivity index (χ1n) is 7.89. The lowest BCUT2D eigenvalue weighted by Crippen LogP contribution is -2.28. The fourth-order valence-electron chi connectivity index (χ4n) is 4.47. The Labute approximate surface area is 130 Å². The SMILES string of the molecule is NCc1cccc2c1C1c3ccccc3C2c2ccccc21. The van der Waals surface area contributed by atoms with Gasteiger partial charge < -0.3 is 5.73 Å². The second kappa shape index (κ2) is 4.31. The van der Waals surface area contributed by atoms with E-state index in [9.17, 15) is 0 Å². The van der Waals surface area contributed by atoms with Crippen LogP contribution in [0.15, 0.2) is 66.7 Å². The maximum atomic E-state index is 6.05. The molecule has 3 aliphatic carbocycles. The predicted molar refractivity (Wildman–Crippen MR) is 89.1 cm³/mol. The van der Waals surface area contributed by atoms with Crippen LogP contribution in [0.1, 0.15) is 50.8 Å². The topological polar surface area (TPSA) is 26.0 Å². The molecule has 1 heteroatoms. The molecule has 6 rings (SSSR count). The molecule has 0 spiro atoms. The van der Waals surface area contributed by atoms with Crippen molar-refractivity contribution >= 4 is 0 Å². The lowest BCUT2D eigenvalue weighted by molar-refractivity contribution is 0.741. The molecule has 0 saturated heterocycles. The largest absolute Gasteiger partial charge is 0.326 e. The first-order valence-corrected chi connectivity index (χ1v) is 7.89. The van der Waals surface area contributed by atoms with Gasteiger partial charge in [-0.1, -0.05) is 66.7 Å². The molecule has 3 aromatic carbocycles. The van der Waals surface area contributed by atoms with Gasteiger partial charge >= 0.3 is 0 Å². The third-order valence-corrected chi connectivity index (χ3v) is 5.29. The van der Waals surface area contributed by atoms with Gasteiger partial charge in [-0.05, 0) is 38.9 Å². The van der Waals surface area contributed by atoms with E-state index in [2.05, 4.69) is 66.7 Å². The molecule has 0 aliphatic heterocycles. The Morgan fingerprint density at radius 3 is 1.64 bits per heavy atom. The second-order valence-corrected chi connectivity index (χ2v) is 6.25. The first-order chi connectivity index (χ1) is 10.9. The molecule has 0 fully saturated rings. The zero-order valence-corrected chi connectivity index (χ0v) is 12.3. The van der Waals surface area contributed by atoms with E-state index in [1.807, 2.05) is 0 Å². The molecular weight excluding hydrogens is 266 g/mol. The fraction of sp³-hybridized carbons (Fsp3) is 0.143. The van der Waals surface area contributed by atoms with Crippen molar-refractivity contribution in [2.75, 3.05) is 0 Å². The van der Waals surface area contributed by atoms with Crippen molar-refractivity contribution in [2.24, 2.45) is 5.73 Å². The highest BCUT2D eigenvalue weighted by Crippen LogP contribution is 2.56. The maximum absolute atomic E-state index is 6.05. The van der Waals surface area contributed by atoms with Gasteiger partial charge in [0, 0.05) is 18.4 Å². The predicted octanol–water partition coefficient (Wildman–Crippen LogP) is 4.13. The van der Waals surface area contributed by atoms with Gasteiger partial charge in [-0.3, -0.25) is 0 Å². The molecule has 2 bridgehead atoms. The van der Waals surface area contributed by atoms with Gasteiger partial charge in [0.1, 0.15) is 0 Å². The third kappa shape index (κ3) is 1.37. The van der Waals surface area contributed by atoms with E-state index in [4.69, 9.17) is 5.73 Å². The van der Waals surface area contributed by atoms with Crippen LogP contribution in [0.4, 0.5) is 0 Å². The Morgan fingerprint density at radius 1 is 0.591 bits per heavy atom. The Morgan fingerprint density at radius 2 is 1.09 bits per heavy atom. The van der Waals surface area contributed by atoms with Gasteiger partial charge in [0.25, 0.3) is 0 Å². The standard InChI is InChI=1S/C21H17N/c22-12-13-6-5-11-18-19(13)21-16-9-3-1-7-14(16)20(18)15-8-2-4-10-17(15)21/h1-11,20-21H,12,22H2. The minimum Gasteiger partial charge on any atom is -0.326 e. The van der Waals surface area contributed by atoms with Crippen molar-refractivity contribution in [1.29, 1.82) is 0 Å². The highest BCUT2D eigenvalue weighted by atomic mass is 14.5. The molecule has 2 N–H and O–H groups in total. The van der Waals surface area contributed by atoms with Gasteiger partial charge in [-0.15, -0.1) is 0 Å². The molecule has 106 valence electrons. The van der Waals surface area contributed by atoms with Gasteiger partial charge in [0.2, 0.25) is 0 Å². The summed E-state index contributed by atoms with van der Waals surface area (Å²) >= 11 is 0. The summed E-state index contributed by atoms with van der Waals surface area (Å²) in [5, 5.41) is 0. The fourth-order valence-corrected chi connectivity index (χ4v) is 4.47. The van der Waals surface area contributed by atoms with Crippen LogP contribution >= 0.6 is 0 Å². The molecule has 3 aromatic rings. The van der Waals surface area contributed by atoms with E-state index in [0.717, 1.165) is 0 Å². The summed E-state index contributed by atoms with van der Waals surface area (Å²) in [6, 6.07) is 24.4. The van der Waals surface area contributed by atoms with Crippen LogP contribution in [0.2, 0.25) is 0 Å². The summed E-state index contributed by atoms with van der Waals surface area (Å²) in [6.07, 6.45) is 0. The Kier molecular flexibility index (Phi) is 2.39. The van der Waals surface area contributed by atoms with Crippen molar-refractivity contribution in [3.63, 3.8) is 0 Å². The zero-order valence-electron chi connectivity index (χ0n) is 12.3. The molecule has 0 saturated carbocycles. The van der Waals surface area contributed by atoms with E-state index in [-0.39, 0.29) is 0 Å². The lowest BCUT2D eigenvalue weighted by atomic mass is 9.60. The van der Waals surface area contributed by atoms with Crippen LogP contribution in [0.25, 0.3) is 0 Å². The summed E-state index contributed by atoms with van der Waals surface area (Å²) < 4.78 is 0. The van der Waals surface area contributed by atoms with E-state index in [1.165, 1.54) is 38.9 Å². The molecule has 0 heterocycles. The summed E-state index contributed by atoms with van der Waals surface area (Å²) in [5.74, 6) is 0.700. The van der Waals surface area contributed by atoms with Crippen LogP contribution in [0.3, 0.4) is 0 Å². The third-order valence-electron chi connectivity index (χ3n) is 5.29. The summed E-state index contributed by atoms with van der Waals surface area (Å²) in [5.41, 5.74) is 16.1. The van der Waals surface area contributed by atoms with Crippen molar-refractivity contribution in [1.82, 2.24) is 0 Å². The maximum Gasteiger partial charge on any atom is 0.0352 e. The molecular formula is C21H17N. The van der Waals surface area contributed by atoms with Crippen LogP contribution in [-0.4, -0.2) is 0 Å². The average molecular weight is 283 g/mol. The Bertz CT molecular complexity index is 846. The molecule has 22 heavy (non-hydrogen) atoms. The minimum absolute atomic E-state index is 0.340. The smallest absolute Gasteiger partial charge is 0.0352 e. The quantitative estimate of drug-likeness (QED) is 0.492. The normalized spacial score (nSPS) is 20.2. The molecule has 0 unspecified atom stereocenters. The Balaban J connectivity index is 1.92. The summed E-state index contributed by atoms with van der Waals surface area (Å²) in [6.45, 7) is 0.608. The van der Waals surface area contributed by atoms with E-state index in [1.54, 1.807) is 0 Å². The van der Waals surface area contributed by atoms with Crippen LogP contribution in [-0.2, 0) is 6.54 Å². The minimum atomic E-state index is 0.340. The molecule has 0 radical (unpaired) electrons. The van der Waals surface area contributed by atoms with Gasteiger partial charge in [0.05, 0.1) is 0 Å². The van der Waals surface area contributed by atoms with Gasteiger partial charge in [-0.25, -0.2) is 0 Å². The molecule has 0 atom stereocenters. The number of benzene rings is 3. The van der Waals surface area contributed by atoms with Gasteiger partial charge in [0.15, 0.2) is 0 Å². The average Bonchev–Trinajstić information content (AvgIpc) is 2.60. The van der Waals surface area contributed by atoms with Crippen molar-refractivity contribution < 1.29 is 0 Å². The first kappa shape index (κ1) is 12.2. The van der Waals surface area contributed by atoms with E-state index in [0.29, 0.717) is 18.4 Å². The van der Waals surface area contributed by atoms with E-state index >= 15 is 0 Å². The monoisotopic (exact) mass is 283 g/mol. The molecule has 1 nitrogen and oxygen atoms in total. The van der Waals surface area contributed by atoms with Crippen LogP contribution < -0.4 is 5.73 Å². The molecule has 0 aromatic heterocycles. The van der Waals surface area contributed by atoms with Crippen molar-refractivity contribution in [2.45, 2.75) is 18.4 Å². The molecule has 0 amide bonds.